The van der Waals surface area contributed by atoms with E-state index in [9.17, 15) is 4.79 Å². The van der Waals surface area contributed by atoms with Gasteiger partial charge in [-0.15, -0.1) is 11.8 Å². The van der Waals surface area contributed by atoms with Gasteiger partial charge in [0.2, 0.25) is 0 Å². The number of benzene rings is 3. The van der Waals surface area contributed by atoms with Gasteiger partial charge in [-0.1, -0.05) is 30.3 Å². The van der Waals surface area contributed by atoms with Crippen molar-refractivity contribution >= 4 is 23.5 Å². The summed E-state index contributed by atoms with van der Waals surface area (Å²) in [6.45, 7) is 0.659. The Kier molecular flexibility index (Phi) is 6.52. The first-order valence-corrected chi connectivity index (χ1v) is 11.0. The molecule has 1 aliphatic heterocycles. The Labute approximate surface area is 186 Å². The van der Waals surface area contributed by atoms with Gasteiger partial charge < -0.3 is 24.4 Å². The van der Waals surface area contributed by atoms with Crippen molar-refractivity contribution in [3.05, 3.63) is 78.4 Å². The van der Waals surface area contributed by atoms with Crippen LogP contribution in [0.2, 0.25) is 0 Å². The molecule has 1 aliphatic rings. The maximum atomic E-state index is 13.1. The second kappa shape index (κ2) is 9.66. The van der Waals surface area contributed by atoms with Crippen LogP contribution in [0.5, 0.6) is 23.0 Å². The number of carbonyl (C=O) groups is 1. The summed E-state index contributed by atoms with van der Waals surface area (Å²) in [5.74, 6) is 3.62. The van der Waals surface area contributed by atoms with Crippen molar-refractivity contribution in [3.63, 3.8) is 0 Å². The van der Waals surface area contributed by atoms with Crippen molar-refractivity contribution in [1.82, 2.24) is 4.90 Å². The van der Waals surface area contributed by atoms with Crippen LogP contribution in [0, 0.1) is 0 Å². The lowest BCUT2D eigenvalue weighted by Gasteiger charge is -2.25. The minimum Gasteiger partial charge on any atom is -0.497 e. The molecule has 1 atom stereocenters. The number of anilines is 1. The Bertz CT molecular complexity index is 1020. The number of amides is 2. The van der Waals surface area contributed by atoms with Gasteiger partial charge in [-0.05, 0) is 29.8 Å². The van der Waals surface area contributed by atoms with E-state index in [4.69, 9.17) is 14.2 Å². The fourth-order valence-electron chi connectivity index (χ4n) is 3.39. The Morgan fingerprint density at radius 2 is 1.61 bits per heavy atom. The molecule has 1 saturated heterocycles. The number of rotatable bonds is 6. The van der Waals surface area contributed by atoms with E-state index in [1.54, 1.807) is 44.2 Å². The fraction of sp³-hybridized carbons (Fsp3) is 0.208. The van der Waals surface area contributed by atoms with Gasteiger partial charge in [0.05, 0.1) is 14.2 Å². The number of thioether (sulfide) groups is 1. The highest BCUT2D eigenvalue weighted by Crippen LogP contribution is 2.40. The molecule has 1 fully saturated rings. The molecule has 31 heavy (non-hydrogen) atoms. The minimum atomic E-state index is -0.167. The largest absolute Gasteiger partial charge is 0.497 e. The Hall–Kier alpha value is -3.32. The van der Waals surface area contributed by atoms with E-state index in [-0.39, 0.29) is 11.4 Å². The Morgan fingerprint density at radius 3 is 2.32 bits per heavy atom. The summed E-state index contributed by atoms with van der Waals surface area (Å²) in [5, 5.41) is 2.88. The molecule has 0 radical (unpaired) electrons. The third-order valence-electron chi connectivity index (χ3n) is 4.88. The lowest BCUT2D eigenvalue weighted by molar-refractivity contribution is 0.214. The molecule has 3 aromatic rings. The number of nitrogens with one attached hydrogen (secondary N) is 1. The lowest BCUT2D eigenvalue weighted by Crippen LogP contribution is -2.34. The third-order valence-corrected chi connectivity index (χ3v) is 6.14. The Balaban J connectivity index is 1.50. The molecule has 1 unspecified atom stereocenters. The zero-order chi connectivity index (χ0) is 21.6. The molecule has 1 heterocycles. The van der Waals surface area contributed by atoms with Gasteiger partial charge in [-0.25, -0.2) is 4.79 Å². The van der Waals surface area contributed by atoms with Crippen LogP contribution in [0.1, 0.15) is 10.9 Å². The van der Waals surface area contributed by atoms with Crippen LogP contribution < -0.4 is 19.5 Å². The lowest BCUT2D eigenvalue weighted by atomic mass is 10.2. The van der Waals surface area contributed by atoms with Crippen LogP contribution in [0.25, 0.3) is 0 Å². The van der Waals surface area contributed by atoms with Crippen molar-refractivity contribution in [3.8, 4) is 23.0 Å². The van der Waals surface area contributed by atoms with E-state index in [0.717, 1.165) is 22.8 Å². The zero-order valence-electron chi connectivity index (χ0n) is 17.4. The molecule has 3 aromatic carbocycles. The van der Waals surface area contributed by atoms with Crippen LogP contribution >= 0.6 is 11.8 Å². The molecule has 160 valence electrons. The molecule has 0 aromatic heterocycles. The highest BCUT2D eigenvalue weighted by atomic mass is 32.2. The van der Waals surface area contributed by atoms with Crippen LogP contribution in [-0.2, 0) is 0 Å². The van der Waals surface area contributed by atoms with Crippen LogP contribution in [-0.4, -0.2) is 37.4 Å². The first-order valence-electron chi connectivity index (χ1n) is 9.91. The van der Waals surface area contributed by atoms with Gasteiger partial charge >= 0.3 is 6.03 Å². The number of nitrogens with zero attached hydrogens (tertiary/aromatic N) is 1. The predicted octanol–water partition coefficient (Wildman–Crippen LogP) is 5.78. The van der Waals surface area contributed by atoms with E-state index in [1.807, 2.05) is 59.5 Å². The Morgan fingerprint density at radius 1 is 0.903 bits per heavy atom. The van der Waals surface area contributed by atoms with Gasteiger partial charge in [0, 0.05) is 36.2 Å². The zero-order valence-corrected chi connectivity index (χ0v) is 18.2. The molecular weight excluding hydrogens is 412 g/mol. The maximum Gasteiger partial charge on any atom is 0.323 e. The second-order valence-electron chi connectivity index (χ2n) is 6.94. The van der Waals surface area contributed by atoms with Gasteiger partial charge in [0.25, 0.3) is 0 Å². The highest BCUT2D eigenvalue weighted by molar-refractivity contribution is 7.99. The predicted molar refractivity (Wildman–Crippen MR) is 123 cm³/mol. The molecule has 7 heteroatoms. The monoisotopic (exact) mass is 436 g/mol. The van der Waals surface area contributed by atoms with Crippen LogP contribution in [0.4, 0.5) is 10.5 Å². The molecule has 1 N–H and O–H groups in total. The molecule has 2 amide bonds. The number of urea groups is 1. The molecule has 6 nitrogen and oxygen atoms in total. The minimum absolute atomic E-state index is 0.0909. The van der Waals surface area contributed by atoms with Gasteiger partial charge in [-0.3, -0.25) is 0 Å². The van der Waals surface area contributed by atoms with E-state index in [0.29, 0.717) is 23.7 Å². The normalized spacial score (nSPS) is 15.4. The number of para-hydroxylation sites is 1. The average Bonchev–Trinajstić information content (AvgIpc) is 3.30. The van der Waals surface area contributed by atoms with Crippen molar-refractivity contribution < 1.29 is 19.0 Å². The standard InChI is InChI=1S/C24H24N2O4S/c1-28-21-14-18(15-22(16-21)29-2)25-24(27)26-11-12-31-23(26)17-7-6-10-20(13-17)30-19-8-4-3-5-9-19/h3-10,13-16,23H,11-12H2,1-2H3,(H,25,27). The first-order chi connectivity index (χ1) is 15.2. The molecule has 4 rings (SSSR count). The fourth-order valence-corrected chi connectivity index (χ4v) is 4.63. The highest BCUT2D eigenvalue weighted by Gasteiger charge is 2.31. The summed E-state index contributed by atoms with van der Waals surface area (Å²) in [4.78, 5) is 14.9. The second-order valence-corrected chi connectivity index (χ2v) is 8.12. The number of methoxy groups -OCH3 is 2. The van der Waals surface area contributed by atoms with Gasteiger partial charge in [-0.2, -0.15) is 0 Å². The quantitative estimate of drug-likeness (QED) is 0.531. The van der Waals surface area contributed by atoms with Crippen molar-refractivity contribution in [1.29, 1.82) is 0 Å². The van der Waals surface area contributed by atoms with E-state index in [1.165, 1.54) is 0 Å². The number of carbonyl (C=O) groups excluding carboxylic acids is 1. The summed E-state index contributed by atoms with van der Waals surface area (Å²) in [5.41, 5.74) is 1.65. The number of hydrogen-bond donors (Lipinski definition) is 1. The molecule has 0 spiro atoms. The molecular formula is C24H24N2O4S. The number of ether oxygens (including phenoxy) is 3. The van der Waals surface area contributed by atoms with Gasteiger partial charge in [0.1, 0.15) is 28.4 Å². The van der Waals surface area contributed by atoms with E-state index >= 15 is 0 Å². The summed E-state index contributed by atoms with van der Waals surface area (Å²) in [7, 11) is 3.16. The smallest absolute Gasteiger partial charge is 0.323 e. The summed E-state index contributed by atoms with van der Waals surface area (Å²) >= 11 is 1.73. The summed E-state index contributed by atoms with van der Waals surface area (Å²) < 4.78 is 16.6. The van der Waals surface area contributed by atoms with Crippen LogP contribution in [0.3, 0.4) is 0 Å². The molecule has 0 saturated carbocycles. The van der Waals surface area contributed by atoms with Crippen LogP contribution in [0.15, 0.2) is 72.8 Å². The third kappa shape index (κ3) is 5.06. The van der Waals surface area contributed by atoms with Gasteiger partial charge in [0.15, 0.2) is 0 Å². The van der Waals surface area contributed by atoms with Crippen molar-refractivity contribution in [2.75, 3.05) is 31.8 Å². The van der Waals surface area contributed by atoms with E-state index < -0.39 is 0 Å². The van der Waals surface area contributed by atoms with Crippen molar-refractivity contribution in [2.24, 2.45) is 0 Å². The SMILES string of the molecule is COc1cc(NC(=O)N2CCSC2c2cccc(Oc3ccccc3)c2)cc(OC)c1. The first kappa shape index (κ1) is 20.9. The summed E-state index contributed by atoms with van der Waals surface area (Å²) in [6.07, 6.45) is 0. The van der Waals surface area contributed by atoms with Crippen molar-refractivity contribution in [2.45, 2.75) is 5.37 Å². The molecule has 0 aliphatic carbocycles. The topological polar surface area (TPSA) is 60.0 Å². The maximum absolute atomic E-state index is 13.1. The number of hydrogen-bond acceptors (Lipinski definition) is 5. The molecule has 0 bridgehead atoms. The van der Waals surface area contributed by atoms with E-state index in [2.05, 4.69) is 5.32 Å². The average molecular weight is 437 g/mol. The summed E-state index contributed by atoms with van der Waals surface area (Å²) in [6, 6.07) is 22.7.